The maximum Gasteiger partial charge on any atom is 0.226 e. The molecule has 1 N–H and O–H groups in total. The number of hydrogen-bond donors (Lipinski definition) is 1. The lowest BCUT2D eigenvalue weighted by molar-refractivity contribution is -0.131. The Kier molecular flexibility index (Phi) is 2.99. The largest absolute Gasteiger partial charge is 0.342 e. The normalized spacial score (nSPS) is 32.3. The van der Waals surface area contributed by atoms with Gasteiger partial charge in [0.1, 0.15) is 0 Å². The molecule has 23 heavy (non-hydrogen) atoms. The van der Waals surface area contributed by atoms with Crippen LogP contribution in [-0.2, 0) is 4.79 Å². The van der Waals surface area contributed by atoms with Crippen LogP contribution >= 0.6 is 0 Å². The highest BCUT2D eigenvalue weighted by Crippen LogP contribution is 2.49. The van der Waals surface area contributed by atoms with Gasteiger partial charge in [-0.3, -0.25) is 4.79 Å². The summed E-state index contributed by atoms with van der Waals surface area (Å²) < 4.78 is 0. The molecule has 1 amide bonds. The van der Waals surface area contributed by atoms with E-state index in [0.717, 1.165) is 32.6 Å². The van der Waals surface area contributed by atoms with Crippen molar-refractivity contribution in [2.24, 2.45) is 17.8 Å². The molecule has 0 bridgehead atoms. The van der Waals surface area contributed by atoms with E-state index in [-0.39, 0.29) is 5.92 Å². The fourth-order valence-corrected chi connectivity index (χ4v) is 4.54. The number of likely N-dealkylation sites (tertiary alicyclic amines) is 1. The number of carbonyl (C=O) groups excluding carboxylic acids is 1. The van der Waals surface area contributed by atoms with Gasteiger partial charge in [0, 0.05) is 32.1 Å². The van der Waals surface area contributed by atoms with Crippen LogP contribution in [0.15, 0.2) is 42.5 Å². The van der Waals surface area contributed by atoms with Gasteiger partial charge in [0.2, 0.25) is 5.91 Å². The van der Waals surface area contributed by atoms with E-state index in [0.29, 0.717) is 23.7 Å². The smallest absolute Gasteiger partial charge is 0.226 e. The van der Waals surface area contributed by atoms with Crippen molar-refractivity contribution in [3.05, 3.63) is 48.0 Å². The third-order valence-electron chi connectivity index (χ3n) is 6.01. The molecule has 2 aliphatic heterocycles. The summed E-state index contributed by atoms with van der Waals surface area (Å²) in [6, 6.07) is 15.1. The van der Waals surface area contributed by atoms with Crippen molar-refractivity contribution in [1.29, 1.82) is 0 Å². The average Bonchev–Trinajstić information content (AvgIpc) is 3.09. The zero-order valence-electron chi connectivity index (χ0n) is 13.2. The third-order valence-corrected chi connectivity index (χ3v) is 6.01. The fourth-order valence-electron chi connectivity index (χ4n) is 4.54. The molecule has 0 radical (unpaired) electrons. The zero-order chi connectivity index (χ0) is 15.4. The highest BCUT2D eigenvalue weighted by molar-refractivity contribution is 5.86. The molecule has 3 fully saturated rings. The molecule has 2 saturated heterocycles. The highest BCUT2D eigenvalue weighted by atomic mass is 16.2. The second-order valence-electron chi connectivity index (χ2n) is 7.48. The van der Waals surface area contributed by atoms with E-state index in [1.54, 1.807) is 0 Å². The van der Waals surface area contributed by atoms with Crippen molar-refractivity contribution in [3.63, 3.8) is 0 Å². The molecule has 3 heteroatoms. The predicted octanol–water partition coefficient (Wildman–Crippen LogP) is 2.62. The molecule has 5 rings (SSSR count). The number of nitrogens with zero attached hydrogens (tertiary/aromatic N) is 1. The number of hydrogen-bond acceptors (Lipinski definition) is 2. The SMILES string of the molecule is O=C(C1CC1c1ccc2ccccc2c1)N1C[C@H]2CNC[C@H]2C1. The number of carbonyl (C=O) groups is 1. The summed E-state index contributed by atoms with van der Waals surface area (Å²) in [4.78, 5) is 14.9. The van der Waals surface area contributed by atoms with Gasteiger partial charge in [-0.25, -0.2) is 0 Å². The van der Waals surface area contributed by atoms with Crippen LogP contribution in [0.3, 0.4) is 0 Å². The van der Waals surface area contributed by atoms with E-state index in [9.17, 15) is 4.79 Å². The average molecular weight is 306 g/mol. The number of amides is 1. The van der Waals surface area contributed by atoms with Crippen LogP contribution in [0.25, 0.3) is 10.8 Å². The number of nitrogens with one attached hydrogen (secondary N) is 1. The zero-order valence-corrected chi connectivity index (χ0v) is 13.2. The lowest BCUT2D eigenvalue weighted by Crippen LogP contribution is -2.33. The van der Waals surface area contributed by atoms with Crippen LogP contribution in [0.4, 0.5) is 0 Å². The van der Waals surface area contributed by atoms with Gasteiger partial charge in [0.05, 0.1) is 0 Å². The van der Waals surface area contributed by atoms with Gasteiger partial charge in [-0.05, 0) is 40.5 Å². The van der Waals surface area contributed by atoms with E-state index in [1.165, 1.54) is 16.3 Å². The van der Waals surface area contributed by atoms with Gasteiger partial charge in [-0.1, -0.05) is 42.5 Å². The first kappa shape index (κ1) is 13.6. The summed E-state index contributed by atoms with van der Waals surface area (Å²) in [5.41, 5.74) is 1.34. The molecule has 2 heterocycles. The molecule has 1 aliphatic carbocycles. The number of fused-ring (bicyclic) bond motifs is 2. The third kappa shape index (κ3) is 2.26. The molecular weight excluding hydrogens is 284 g/mol. The van der Waals surface area contributed by atoms with Crippen molar-refractivity contribution in [2.75, 3.05) is 26.2 Å². The second-order valence-corrected chi connectivity index (χ2v) is 7.48. The van der Waals surface area contributed by atoms with Gasteiger partial charge in [-0.2, -0.15) is 0 Å². The molecule has 0 aromatic heterocycles. The van der Waals surface area contributed by atoms with Crippen LogP contribution in [-0.4, -0.2) is 37.0 Å². The van der Waals surface area contributed by atoms with Gasteiger partial charge < -0.3 is 10.2 Å². The first-order chi connectivity index (χ1) is 11.3. The molecule has 0 spiro atoms. The number of rotatable bonds is 2. The Labute approximate surface area is 136 Å². The number of benzene rings is 2. The van der Waals surface area contributed by atoms with Gasteiger partial charge in [-0.15, -0.1) is 0 Å². The minimum atomic E-state index is 0.225. The first-order valence-electron chi connectivity index (χ1n) is 8.78. The molecule has 4 atom stereocenters. The molecular formula is C20H22N2O. The Morgan fingerprint density at radius 2 is 1.74 bits per heavy atom. The molecule has 118 valence electrons. The van der Waals surface area contributed by atoms with Crippen LogP contribution in [0.1, 0.15) is 17.9 Å². The fraction of sp³-hybridized carbons (Fsp3) is 0.450. The van der Waals surface area contributed by atoms with Crippen LogP contribution < -0.4 is 5.32 Å². The van der Waals surface area contributed by atoms with E-state index in [4.69, 9.17) is 0 Å². The monoisotopic (exact) mass is 306 g/mol. The minimum absolute atomic E-state index is 0.225. The van der Waals surface area contributed by atoms with Crippen molar-refractivity contribution in [2.45, 2.75) is 12.3 Å². The molecule has 1 saturated carbocycles. The summed E-state index contributed by atoms with van der Waals surface area (Å²) in [6.45, 7) is 4.12. The molecule has 2 aromatic rings. The lowest BCUT2D eigenvalue weighted by atomic mass is 10.0. The summed E-state index contributed by atoms with van der Waals surface area (Å²) in [5.74, 6) is 2.44. The predicted molar refractivity (Wildman–Crippen MR) is 91.2 cm³/mol. The van der Waals surface area contributed by atoms with E-state index in [2.05, 4.69) is 52.7 Å². The molecule has 2 unspecified atom stereocenters. The second kappa shape index (κ2) is 5.07. The Morgan fingerprint density at radius 3 is 2.52 bits per heavy atom. The van der Waals surface area contributed by atoms with Gasteiger partial charge in [0.25, 0.3) is 0 Å². The van der Waals surface area contributed by atoms with Gasteiger partial charge >= 0.3 is 0 Å². The Balaban J connectivity index is 1.31. The van der Waals surface area contributed by atoms with Crippen LogP contribution in [0.5, 0.6) is 0 Å². The maximum atomic E-state index is 12.8. The quantitative estimate of drug-likeness (QED) is 0.925. The first-order valence-corrected chi connectivity index (χ1v) is 8.78. The molecule has 3 aliphatic rings. The van der Waals surface area contributed by atoms with E-state index < -0.39 is 0 Å². The Morgan fingerprint density at radius 1 is 1.00 bits per heavy atom. The van der Waals surface area contributed by atoms with E-state index in [1.807, 2.05) is 0 Å². The van der Waals surface area contributed by atoms with Crippen molar-refractivity contribution in [1.82, 2.24) is 10.2 Å². The minimum Gasteiger partial charge on any atom is -0.342 e. The van der Waals surface area contributed by atoms with E-state index >= 15 is 0 Å². The summed E-state index contributed by atoms with van der Waals surface area (Å²) in [6.07, 6.45) is 1.03. The van der Waals surface area contributed by atoms with Gasteiger partial charge in [0.15, 0.2) is 0 Å². The van der Waals surface area contributed by atoms with Crippen molar-refractivity contribution in [3.8, 4) is 0 Å². The highest BCUT2D eigenvalue weighted by Gasteiger charge is 2.48. The summed E-state index contributed by atoms with van der Waals surface area (Å²) >= 11 is 0. The summed E-state index contributed by atoms with van der Waals surface area (Å²) in [7, 11) is 0. The lowest BCUT2D eigenvalue weighted by Gasteiger charge is -2.17. The van der Waals surface area contributed by atoms with Crippen molar-refractivity contribution >= 4 is 16.7 Å². The Hall–Kier alpha value is -1.87. The van der Waals surface area contributed by atoms with Crippen LogP contribution in [0.2, 0.25) is 0 Å². The molecule has 3 nitrogen and oxygen atoms in total. The molecule has 2 aromatic carbocycles. The standard InChI is InChI=1S/C20H22N2O/c23-20(22-11-16-9-21-10-17(16)12-22)19-8-18(19)15-6-5-13-3-1-2-4-14(13)7-15/h1-7,16-19,21H,8-12H2/t16-,17+,18?,19?. The topological polar surface area (TPSA) is 32.3 Å². The Bertz CT molecular complexity index is 759. The summed E-state index contributed by atoms with van der Waals surface area (Å²) in [5, 5.41) is 6.00. The van der Waals surface area contributed by atoms with Crippen molar-refractivity contribution < 1.29 is 4.79 Å². The maximum absolute atomic E-state index is 12.8. The van der Waals surface area contributed by atoms with Crippen LogP contribution in [0, 0.1) is 17.8 Å².